The minimum Gasteiger partial charge on any atom is -0.485 e. The predicted molar refractivity (Wildman–Crippen MR) is 96.5 cm³/mol. The molecule has 0 aliphatic carbocycles. The molecule has 1 aromatic heterocycles. The Morgan fingerprint density at radius 3 is 2.42 bits per heavy atom. The first-order chi connectivity index (χ1) is 11.8. The highest BCUT2D eigenvalue weighted by Crippen LogP contribution is 2.36. The number of anilines is 1. The number of aromatic nitrogens is 1. The lowest BCUT2D eigenvalue weighted by atomic mass is 10.2. The van der Waals surface area contributed by atoms with Gasteiger partial charge in [-0.05, 0) is 45.7 Å². The number of hydrogen-bond donors (Lipinski definition) is 3. The first-order valence-corrected chi connectivity index (χ1v) is 9.31. The van der Waals surface area contributed by atoms with Crippen LogP contribution in [0.3, 0.4) is 0 Å². The Labute approximate surface area is 148 Å². The lowest BCUT2D eigenvalue weighted by molar-refractivity contribution is 0.229. The summed E-state index contributed by atoms with van der Waals surface area (Å²) in [5.41, 5.74) is 0.838. The van der Waals surface area contributed by atoms with Crippen molar-refractivity contribution >= 4 is 17.3 Å². The normalized spacial score (nSPS) is 23.4. The van der Waals surface area contributed by atoms with E-state index in [1.165, 1.54) is 12.8 Å². The maximum Gasteiger partial charge on any atom is 0.260 e. The lowest BCUT2D eigenvalue weighted by Crippen LogP contribution is -2.29. The van der Waals surface area contributed by atoms with Crippen LogP contribution in [0.2, 0.25) is 5.15 Å². The molecule has 2 aliphatic rings. The van der Waals surface area contributed by atoms with Crippen LogP contribution in [0.5, 0.6) is 11.6 Å². The van der Waals surface area contributed by atoms with E-state index in [0.29, 0.717) is 42.1 Å². The fourth-order valence-electron chi connectivity index (χ4n) is 3.20. The quantitative estimate of drug-likeness (QED) is 0.623. The third-order valence-corrected chi connectivity index (χ3v) is 4.65. The molecule has 2 fully saturated rings. The Morgan fingerprint density at radius 1 is 1.17 bits per heavy atom. The second-order valence-electron chi connectivity index (χ2n) is 6.37. The van der Waals surface area contributed by atoms with E-state index in [-0.39, 0.29) is 0 Å². The molecule has 0 radical (unpaired) electrons. The Morgan fingerprint density at radius 2 is 1.83 bits per heavy atom. The van der Waals surface area contributed by atoms with E-state index in [4.69, 9.17) is 21.1 Å². The van der Waals surface area contributed by atoms with E-state index in [2.05, 4.69) is 20.9 Å². The van der Waals surface area contributed by atoms with Crippen LogP contribution in [0.1, 0.15) is 32.6 Å². The Hall–Kier alpha value is -1.24. The maximum atomic E-state index is 6.17. The lowest BCUT2D eigenvalue weighted by Gasteiger charge is -2.19. The molecule has 0 aromatic carbocycles. The van der Waals surface area contributed by atoms with E-state index in [1.54, 1.807) is 6.07 Å². The van der Waals surface area contributed by atoms with Gasteiger partial charge in [0.05, 0.1) is 5.69 Å². The molecule has 6 nitrogen and oxygen atoms in total. The molecule has 134 valence electrons. The highest BCUT2D eigenvalue weighted by molar-refractivity contribution is 6.29. The van der Waals surface area contributed by atoms with Crippen LogP contribution < -0.4 is 25.4 Å². The topological polar surface area (TPSA) is 67.4 Å². The van der Waals surface area contributed by atoms with Crippen molar-refractivity contribution in [3.05, 3.63) is 11.2 Å². The van der Waals surface area contributed by atoms with Gasteiger partial charge in [0.15, 0.2) is 0 Å². The van der Waals surface area contributed by atoms with Crippen LogP contribution in [0, 0.1) is 0 Å². The Bertz CT molecular complexity index is 532. The zero-order valence-corrected chi connectivity index (χ0v) is 15.0. The second-order valence-corrected chi connectivity index (χ2v) is 6.75. The number of hydrogen-bond acceptors (Lipinski definition) is 6. The highest BCUT2D eigenvalue weighted by Gasteiger charge is 2.21. The smallest absolute Gasteiger partial charge is 0.260 e. The van der Waals surface area contributed by atoms with Gasteiger partial charge in [-0.3, -0.25) is 0 Å². The number of pyridine rings is 1. The second kappa shape index (κ2) is 8.74. The third kappa shape index (κ3) is 4.65. The van der Waals surface area contributed by atoms with Crippen molar-refractivity contribution in [3.8, 4) is 11.6 Å². The summed E-state index contributed by atoms with van der Waals surface area (Å²) in [6.45, 7) is 6.12. The Balaban J connectivity index is 1.72. The van der Waals surface area contributed by atoms with Gasteiger partial charge in [-0.15, -0.1) is 0 Å². The predicted octanol–water partition coefficient (Wildman–Crippen LogP) is 2.43. The van der Waals surface area contributed by atoms with Gasteiger partial charge < -0.3 is 25.4 Å². The average Bonchev–Trinajstić information content (AvgIpc) is 3.26. The van der Waals surface area contributed by atoms with Crippen molar-refractivity contribution in [1.82, 2.24) is 15.6 Å². The van der Waals surface area contributed by atoms with Gasteiger partial charge in [-0.25, -0.2) is 0 Å². The van der Waals surface area contributed by atoms with Crippen LogP contribution >= 0.6 is 11.6 Å². The van der Waals surface area contributed by atoms with Gasteiger partial charge in [0, 0.05) is 24.7 Å². The number of halogens is 1. The number of ether oxygens (including phenoxy) is 2. The monoisotopic (exact) mass is 354 g/mol. The van der Waals surface area contributed by atoms with Crippen LogP contribution in [-0.2, 0) is 0 Å². The molecule has 24 heavy (non-hydrogen) atoms. The zero-order chi connectivity index (χ0) is 16.8. The first kappa shape index (κ1) is 17.6. The van der Waals surface area contributed by atoms with Crippen LogP contribution in [0.4, 0.5) is 5.69 Å². The summed E-state index contributed by atoms with van der Waals surface area (Å²) in [5.74, 6) is 1.14. The number of rotatable bonds is 8. The van der Waals surface area contributed by atoms with Crippen molar-refractivity contribution in [2.75, 3.05) is 38.2 Å². The van der Waals surface area contributed by atoms with E-state index in [0.717, 1.165) is 38.2 Å². The fourth-order valence-corrected chi connectivity index (χ4v) is 3.39. The molecule has 0 amide bonds. The van der Waals surface area contributed by atoms with Gasteiger partial charge in [0.2, 0.25) is 5.75 Å². The van der Waals surface area contributed by atoms with Crippen molar-refractivity contribution in [3.63, 3.8) is 0 Å². The summed E-state index contributed by atoms with van der Waals surface area (Å²) in [7, 11) is 0. The van der Waals surface area contributed by atoms with Crippen LogP contribution in [-0.4, -0.2) is 49.9 Å². The average molecular weight is 355 g/mol. The molecule has 3 heterocycles. The molecular weight excluding hydrogens is 328 g/mol. The molecule has 2 saturated heterocycles. The molecule has 0 unspecified atom stereocenters. The summed E-state index contributed by atoms with van der Waals surface area (Å²) >= 11 is 6.17. The third-order valence-electron chi connectivity index (χ3n) is 4.45. The van der Waals surface area contributed by atoms with Gasteiger partial charge in [0.1, 0.15) is 18.4 Å². The Kier molecular flexibility index (Phi) is 6.40. The fraction of sp³-hybridized carbons (Fsp3) is 0.706. The van der Waals surface area contributed by atoms with Gasteiger partial charge >= 0.3 is 0 Å². The molecule has 7 heteroatoms. The SMILES string of the molecule is CCNc1cc(Cl)nc(OC[C@@H]2CCCN2)c1OC[C@@H]1CCCN1. The molecular formula is C17H27ClN4O2. The van der Waals surface area contributed by atoms with E-state index >= 15 is 0 Å². The van der Waals surface area contributed by atoms with Crippen molar-refractivity contribution in [1.29, 1.82) is 0 Å². The van der Waals surface area contributed by atoms with Gasteiger partial charge in [0.25, 0.3) is 5.88 Å². The van der Waals surface area contributed by atoms with E-state index < -0.39 is 0 Å². The molecule has 0 saturated carbocycles. The number of nitrogens with one attached hydrogen (secondary N) is 3. The summed E-state index contributed by atoms with van der Waals surface area (Å²) in [6.07, 6.45) is 4.66. The van der Waals surface area contributed by atoms with Gasteiger partial charge in [-0.1, -0.05) is 11.6 Å². The minimum absolute atomic E-state index is 0.373. The maximum absolute atomic E-state index is 6.17. The molecule has 3 rings (SSSR count). The molecule has 2 aliphatic heterocycles. The van der Waals surface area contributed by atoms with E-state index in [1.807, 2.05) is 6.92 Å². The summed E-state index contributed by atoms with van der Waals surface area (Å²) < 4.78 is 12.0. The standard InChI is InChI=1S/C17H27ClN4O2/c1-2-19-14-9-15(18)22-17(24-11-13-6-4-8-21-13)16(14)23-10-12-5-3-7-20-12/h9,12-13,20-21H,2-8,10-11H2,1H3,(H,19,22)/t12-,13-/m0/s1. The van der Waals surface area contributed by atoms with Gasteiger partial charge in [-0.2, -0.15) is 4.98 Å². The minimum atomic E-state index is 0.373. The molecule has 0 spiro atoms. The number of nitrogens with zero attached hydrogens (tertiary/aromatic N) is 1. The summed E-state index contributed by atoms with van der Waals surface area (Å²) in [4.78, 5) is 4.35. The summed E-state index contributed by atoms with van der Waals surface area (Å²) in [5, 5.41) is 10.6. The van der Waals surface area contributed by atoms with Crippen molar-refractivity contribution < 1.29 is 9.47 Å². The summed E-state index contributed by atoms with van der Waals surface area (Å²) in [6, 6.07) is 2.56. The molecule has 3 N–H and O–H groups in total. The van der Waals surface area contributed by atoms with Crippen LogP contribution in [0.25, 0.3) is 0 Å². The molecule has 0 bridgehead atoms. The zero-order valence-electron chi connectivity index (χ0n) is 14.2. The van der Waals surface area contributed by atoms with Crippen LogP contribution in [0.15, 0.2) is 6.07 Å². The van der Waals surface area contributed by atoms with Crippen molar-refractivity contribution in [2.24, 2.45) is 0 Å². The largest absolute Gasteiger partial charge is 0.485 e. The highest BCUT2D eigenvalue weighted by atomic mass is 35.5. The molecule has 2 atom stereocenters. The van der Waals surface area contributed by atoms with Crippen molar-refractivity contribution in [2.45, 2.75) is 44.7 Å². The van der Waals surface area contributed by atoms with E-state index in [9.17, 15) is 0 Å². The molecule has 1 aromatic rings. The first-order valence-electron chi connectivity index (χ1n) is 8.93.